The van der Waals surface area contributed by atoms with E-state index in [1.165, 1.54) is 11.3 Å². The molecule has 2 rings (SSSR count). The molecule has 0 unspecified atom stereocenters. The minimum Gasteiger partial charge on any atom is -0.300 e. The standard InChI is InChI=1S/C10H15N3OS2/c1-3-6(2)15-10-13-12-9(16-10)11-8(14)7-4-5-7/h6-7H,3-5H2,1-2H3,(H,11,12,14)/t6-/m0/s1. The summed E-state index contributed by atoms with van der Waals surface area (Å²) < 4.78 is 0.931. The van der Waals surface area contributed by atoms with Crippen LogP contribution in [0.15, 0.2) is 4.34 Å². The third kappa shape index (κ3) is 3.18. The molecule has 1 N–H and O–H groups in total. The predicted molar refractivity (Wildman–Crippen MR) is 66.9 cm³/mol. The topological polar surface area (TPSA) is 54.9 Å². The van der Waals surface area contributed by atoms with E-state index in [2.05, 4.69) is 29.4 Å². The Kier molecular flexibility index (Phi) is 3.81. The highest BCUT2D eigenvalue weighted by molar-refractivity contribution is 8.01. The van der Waals surface area contributed by atoms with E-state index in [9.17, 15) is 4.79 Å². The quantitative estimate of drug-likeness (QED) is 0.651. The lowest BCUT2D eigenvalue weighted by Crippen LogP contribution is -2.12. The van der Waals surface area contributed by atoms with Gasteiger partial charge in [-0.2, -0.15) is 0 Å². The van der Waals surface area contributed by atoms with Crippen molar-refractivity contribution in [3.63, 3.8) is 0 Å². The summed E-state index contributed by atoms with van der Waals surface area (Å²) in [5, 5.41) is 12.0. The van der Waals surface area contributed by atoms with Crippen LogP contribution in [0.2, 0.25) is 0 Å². The lowest BCUT2D eigenvalue weighted by atomic mass is 10.4. The van der Waals surface area contributed by atoms with Crippen LogP contribution in [-0.2, 0) is 4.79 Å². The molecule has 1 heterocycles. The van der Waals surface area contributed by atoms with E-state index in [1.54, 1.807) is 11.8 Å². The van der Waals surface area contributed by atoms with E-state index in [1.807, 2.05) is 0 Å². The van der Waals surface area contributed by atoms with E-state index in [0.717, 1.165) is 23.6 Å². The second kappa shape index (κ2) is 5.14. The van der Waals surface area contributed by atoms with Crippen LogP contribution in [0.1, 0.15) is 33.1 Å². The number of nitrogens with zero attached hydrogens (tertiary/aromatic N) is 2. The maximum Gasteiger partial charge on any atom is 0.229 e. The normalized spacial score (nSPS) is 17.1. The van der Waals surface area contributed by atoms with Gasteiger partial charge in [0.05, 0.1) is 0 Å². The van der Waals surface area contributed by atoms with Gasteiger partial charge in [0.25, 0.3) is 0 Å². The Labute approximate surface area is 103 Å². The van der Waals surface area contributed by atoms with Crippen LogP contribution in [-0.4, -0.2) is 21.4 Å². The van der Waals surface area contributed by atoms with E-state index < -0.39 is 0 Å². The Morgan fingerprint density at radius 3 is 3.00 bits per heavy atom. The fourth-order valence-corrected chi connectivity index (χ4v) is 3.12. The molecule has 6 heteroatoms. The maximum absolute atomic E-state index is 11.5. The number of rotatable bonds is 5. The molecule has 0 radical (unpaired) electrons. The van der Waals surface area contributed by atoms with Gasteiger partial charge in [-0.3, -0.25) is 4.79 Å². The van der Waals surface area contributed by atoms with E-state index in [-0.39, 0.29) is 11.8 Å². The van der Waals surface area contributed by atoms with Crippen molar-refractivity contribution in [3.8, 4) is 0 Å². The van der Waals surface area contributed by atoms with Crippen molar-refractivity contribution < 1.29 is 4.79 Å². The highest BCUT2D eigenvalue weighted by Crippen LogP contribution is 2.33. The summed E-state index contributed by atoms with van der Waals surface area (Å²) in [5.41, 5.74) is 0. The third-order valence-corrected chi connectivity index (χ3v) is 4.65. The average molecular weight is 257 g/mol. The summed E-state index contributed by atoms with van der Waals surface area (Å²) in [4.78, 5) is 11.5. The number of hydrogen-bond donors (Lipinski definition) is 1. The first-order valence-corrected chi connectivity index (χ1v) is 7.19. The number of anilines is 1. The summed E-state index contributed by atoms with van der Waals surface area (Å²) in [7, 11) is 0. The predicted octanol–water partition coefficient (Wildman–Crippen LogP) is 2.78. The molecule has 1 aliphatic rings. The summed E-state index contributed by atoms with van der Waals surface area (Å²) in [6.45, 7) is 4.31. The van der Waals surface area contributed by atoms with Gasteiger partial charge in [-0.25, -0.2) is 0 Å². The summed E-state index contributed by atoms with van der Waals surface area (Å²) >= 11 is 3.17. The summed E-state index contributed by atoms with van der Waals surface area (Å²) in [6.07, 6.45) is 3.13. The zero-order valence-corrected chi connectivity index (χ0v) is 11.0. The Balaban J connectivity index is 1.88. The van der Waals surface area contributed by atoms with Crippen LogP contribution >= 0.6 is 23.1 Å². The Bertz CT molecular complexity index is 376. The maximum atomic E-state index is 11.5. The van der Waals surface area contributed by atoms with Gasteiger partial charge in [0, 0.05) is 11.2 Å². The summed E-state index contributed by atoms with van der Waals surface area (Å²) in [5.74, 6) is 0.311. The number of nitrogens with one attached hydrogen (secondary N) is 1. The highest BCUT2D eigenvalue weighted by atomic mass is 32.2. The summed E-state index contributed by atoms with van der Waals surface area (Å²) in [6, 6.07) is 0. The number of carbonyl (C=O) groups excluding carboxylic acids is 1. The zero-order valence-electron chi connectivity index (χ0n) is 9.40. The van der Waals surface area contributed by atoms with Crippen LogP contribution in [0.25, 0.3) is 0 Å². The molecule has 0 spiro atoms. The van der Waals surface area contributed by atoms with Crippen molar-refractivity contribution >= 4 is 34.1 Å². The molecule has 88 valence electrons. The Morgan fingerprint density at radius 2 is 2.38 bits per heavy atom. The van der Waals surface area contributed by atoms with Crippen molar-refractivity contribution in [2.45, 2.75) is 42.7 Å². The second-order valence-corrected chi connectivity index (χ2v) is 6.64. The highest BCUT2D eigenvalue weighted by Gasteiger charge is 2.30. The molecule has 1 fully saturated rings. The van der Waals surface area contributed by atoms with Gasteiger partial charge >= 0.3 is 0 Å². The molecule has 1 amide bonds. The smallest absolute Gasteiger partial charge is 0.229 e. The molecule has 0 aromatic carbocycles. The van der Waals surface area contributed by atoms with Gasteiger partial charge in [-0.15, -0.1) is 10.2 Å². The molecule has 1 atom stereocenters. The fraction of sp³-hybridized carbons (Fsp3) is 0.700. The van der Waals surface area contributed by atoms with Gasteiger partial charge in [0.1, 0.15) is 0 Å². The zero-order chi connectivity index (χ0) is 11.5. The first-order valence-electron chi connectivity index (χ1n) is 5.50. The van der Waals surface area contributed by atoms with Crippen LogP contribution in [0.4, 0.5) is 5.13 Å². The molecule has 16 heavy (non-hydrogen) atoms. The van der Waals surface area contributed by atoms with E-state index >= 15 is 0 Å². The molecular formula is C10H15N3OS2. The van der Waals surface area contributed by atoms with Crippen molar-refractivity contribution in [2.24, 2.45) is 5.92 Å². The molecule has 1 aliphatic carbocycles. The van der Waals surface area contributed by atoms with Crippen LogP contribution in [0.5, 0.6) is 0 Å². The van der Waals surface area contributed by atoms with Crippen molar-refractivity contribution in [1.29, 1.82) is 0 Å². The number of aromatic nitrogens is 2. The van der Waals surface area contributed by atoms with E-state index in [4.69, 9.17) is 0 Å². The molecule has 0 bridgehead atoms. The number of amides is 1. The first kappa shape index (κ1) is 11.9. The molecule has 1 saturated carbocycles. The van der Waals surface area contributed by atoms with Gasteiger partial charge in [0.15, 0.2) is 4.34 Å². The number of carbonyl (C=O) groups is 1. The van der Waals surface area contributed by atoms with Crippen LogP contribution in [0.3, 0.4) is 0 Å². The second-order valence-electron chi connectivity index (χ2n) is 3.97. The molecule has 1 aromatic rings. The number of thioether (sulfide) groups is 1. The van der Waals surface area contributed by atoms with Crippen molar-refractivity contribution in [2.75, 3.05) is 5.32 Å². The molecule has 0 aliphatic heterocycles. The lowest BCUT2D eigenvalue weighted by molar-refractivity contribution is -0.117. The minimum absolute atomic E-state index is 0.0937. The molecule has 1 aromatic heterocycles. The third-order valence-electron chi connectivity index (χ3n) is 2.46. The lowest BCUT2D eigenvalue weighted by Gasteiger charge is -2.02. The molecule has 0 saturated heterocycles. The molecular weight excluding hydrogens is 242 g/mol. The number of hydrogen-bond acceptors (Lipinski definition) is 5. The Hall–Kier alpha value is -0.620. The van der Waals surface area contributed by atoms with Crippen LogP contribution < -0.4 is 5.32 Å². The van der Waals surface area contributed by atoms with E-state index in [0.29, 0.717) is 10.4 Å². The first-order chi connectivity index (χ1) is 7.69. The van der Waals surface area contributed by atoms with Crippen molar-refractivity contribution in [3.05, 3.63) is 0 Å². The SMILES string of the molecule is CC[C@H](C)Sc1nnc(NC(=O)C2CC2)s1. The van der Waals surface area contributed by atoms with Gasteiger partial charge in [0.2, 0.25) is 11.0 Å². The van der Waals surface area contributed by atoms with Gasteiger partial charge in [-0.05, 0) is 19.3 Å². The van der Waals surface area contributed by atoms with Crippen molar-refractivity contribution in [1.82, 2.24) is 10.2 Å². The Morgan fingerprint density at radius 1 is 1.62 bits per heavy atom. The molecule has 4 nitrogen and oxygen atoms in total. The monoisotopic (exact) mass is 257 g/mol. The van der Waals surface area contributed by atoms with Gasteiger partial charge < -0.3 is 5.32 Å². The largest absolute Gasteiger partial charge is 0.300 e. The minimum atomic E-state index is 0.0937. The van der Waals surface area contributed by atoms with Crippen LogP contribution in [0, 0.1) is 5.92 Å². The average Bonchev–Trinajstić information content (AvgIpc) is 3.03. The fourth-order valence-electron chi connectivity index (χ4n) is 1.12. The van der Waals surface area contributed by atoms with Gasteiger partial charge in [-0.1, -0.05) is 36.9 Å².